The van der Waals surface area contributed by atoms with Gasteiger partial charge in [0.15, 0.2) is 0 Å². The minimum atomic E-state index is -0.587. The van der Waals surface area contributed by atoms with Crippen LogP contribution in [0.2, 0.25) is 5.02 Å². The van der Waals surface area contributed by atoms with Gasteiger partial charge >= 0.3 is 6.03 Å². The van der Waals surface area contributed by atoms with Crippen LogP contribution in [-0.4, -0.2) is 29.7 Å². The van der Waals surface area contributed by atoms with E-state index in [9.17, 15) is 9.59 Å². The number of imide groups is 1. The van der Waals surface area contributed by atoms with Crippen LogP contribution in [0, 0.1) is 0 Å². The van der Waals surface area contributed by atoms with Gasteiger partial charge in [0.25, 0.3) is 5.91 Å². The maximum Gasteiger partial charge on any atom is 0.345 e. The lowest BCUT2D eigenvalue weighted by Gasteiger charge is -2.15. The average molecular weight is 268 g/mol. The smallest absolute Gasteiger partial charge is 0.339 e. The first-order valence-electron chi connectivity index (χ1n) is 5.29. The molecule has 3 amide bonds. The van der Waals surface area contributed by atoms with Gasteiger partial charge in [-0.2, -0.15) is 5.10 Å². The predicted octanol–water partition coefficient (Wildman–Crippen LogP) is 2.52. The van der Waals surface area contributed by atoms with Crippen molar-refractivity contribution < 1.29 is 9.59 Å². The molecule has 1 N–H and O–H groups in total. The van der Waals surface area contributed by atoms with Gasteiger partial charge in [0.2, 0.25) is 0 Å². The number of amides is 3. The molecule has 5 nitrogen and oxygen atoms in total. The summed E-state index contributed by atoms with van der Waals surface area (Å²) in [6, 6.07) is 5.66. The molecular weight excluding hydrogens is 254 g/mol. The van der Waals surface area contributed by atoms with Crippen LogP contribution >= 0.6 is 11.6 Å². The van der Waals surface area contributed by atoms with E-state index in [1.54, 1.807) is 38.1 Å². The number of carbonyl (C=O) groups excluding carboxylic acids is 2. The first-order valence-corrected chi connectivity index (χ1v) is 5.67. The van der Waals surface area contributed by atoms with Crippen molar-refractivity contribution in [1.82, 2.24) is 10.3 Å². The Morgan fingerprint density at radius 3 is 2.22 bits per heavy atom. The van der Waals surface area contributed by atoms with E-state index in [0.717, 1.165) is 5.01 Å². The van der Waals surface area contributed by atoms with E-state index in [0.29, 0.717) is 16.3 Å². The predicted molar refractivity (Wildman–Crippen MR) is 70.9 cm³/mol. The molecule has 0 fully saturated rings. The summed E-state index contributed by atoms with van der Waals surface area (Å²) in [5.41, 5.74) is 0.939. The average Bonchev–Trinajstić information content (AvgIpc) is 2.35. The van der Waals surface area contributed by atoms with Gasteiger partial charge in [-0.05, 0) is 38.1 Å². The Morgan fingerprint density at radius 1 is 1.22 bits per heavy atom. The fourth-order valence-electron chi connectivity index (χ4n) is 1.20. The number of hydrogen-bond donors (Lipinski definition) is 1. The number of carbonyl (C=O) groups is 2. The summed E-state index contributed by atoms with van der Waals surface area (Å²) < 4.78 is 0. The molecular formula is C12H14ClN3O2. The zero-order chi connectivity index (χ0) is 13.7. The highest BCUT2D eigenvalue weighted by Crippen LogP contribution is 2.12. The maximum atomic E-state index is 12.1. The molecule has 0 aliphatic carbocycles. The van der Waals surface area contributed by atoms with Crippen molar-refractivity contribution in [1.29, 1.82) is 0 Å². The number of halogens is 1. The quantitative estimate of drug-likeness (QED) is 0.661. The van der Waals surface area contributed by atoms with E-state index in [1.165, 1.54) is 7.05 Å². The third-order valence-corrected chi connectivity index (χ3v) is 2.24. The van der Waals surface area contributed by atoms with Crippen LogP contribution in [0.15, 0.2) is 29.4 Å². The van der Waals surface area contributed by atoms with Gasteiger partial charge in [-0.3, -0.25) is 4.79 Å². The summed E-state index contributed by atoms with van der Waals surface area (Å²) in [5, 5.41) is 7.58. The number of hydrogen-bond acceptors (Lipinski definition) is 3. The van der Waals surface area contributed by atoms with E-state index >= 15 is 0 Å². The van der Waals surface area contributed by atoms with Crippen molar-refractivity contribution in [3.05, 3.63) is 34.9 Å². The molecule has 0 saturated carbocycles. The summed E-state index contributed by atoms with van der Waals surface area (Å²) in [4.78, 5) is 23.7. The Balaban J connectivity index is 3.06. The minimum absolute atomic E-state index is 0.341. The van der Waals surface area contributed by atoms with Crippen LogP contribution < -0.4 is 5.32 Å². The second kappa shape index (κ2) is 6.16. The Bertz CT molecular complexity index is 479. The SMILES string of the molecule is CNC(=O)N(N=C(C)C)C(=O)c1ccc(Cl)cc1. The molecule has 0 spiro atoms. The summed E-state index contributed by atoms with van der Waals surface area (Å²) >= 11 is 5.74. The minimum Gasteiger partial charge on any atom is -0.339 e. The molecule has 0 unspecified atom stereocenters. The summed E-state index contributed by atoms with van der Waals surface area (Å²) in [7, 11) is 1.44. The molecule has 18 heavy (non-hydrogen) atoms. The molecule has 96 valence electrons. The summed E-state index contributed by atoms with van der Waals surface area (Å²) in [6.07, 6.45) is 0. The number of urea groups is 1. The molecule has 0 atom stereocenters. The Hall–Kier alpha value is -1.88. The fraction of sp³-hybridized carbons (Fsp3) is 0.250. The van der Waals surface area contributed by atoms with Gasteiger partial charge in [0.05, 0.1) is 0 Å². The Morgan fingerprint density at radius 2 is 1.78 bits per heavy atom. The van der Waals surface area contributed by atoms with E-state index < -0.39 is 11.9 Å². The molecule has 1 rings (SSSR count). The van der Waals surface area contributed by atoms with Crippen LogP contribution in [0.1, 0.15) is 24.2 Å². The maximum absolute atomic E-state index is 12.1. The van der Waals surface area contributed by atoms with Crippen molar-refractivity contribution in [3.8, 4) is 0 Å². The standard InChI is InChI=1S/C12H14ClN3O2/c1-8(2)15-16(12(18)14-3)11(17)9-4-6-10(13)7-5-9/h4-7H,1-3H3,(H,14,18). The molecule has 0 radical (unpaired) electrons. The molecule has 6 heteroatoms. The second-order valence-electron chi connectivity index (χ2n) is 3.73. The van der Waals surface area contributed by atoms with Crippen LogP contribution in [0.25, 0.3) is 0 Å². The molecule has 0 bridgehead atoms. The van der Waals surface area contributed by atoms with Gasteiger partial charge in [0, 0.05) is 23.3 Å². The zero-order valence-electron chi connectivity index (χ0n) is 10.4. The molecule has 0 aliphatic rings. The first-order chi connectivity index (χ1) is 8.45. The van der Waals surface area contributed by atoms with Crippen LogP contribution in [0.3, 0.4) is 0 Å². The van der Waals surface area contributed by atoms with Crippen molar-refractivity contribution in [2.45, 2.75) is 13.8 Å². The van der Waals surface area contributed by atoms with E-state index in [4.69, 9.17) is 11.6 Å². The van der Waals surface area contributed by atoms with E-state index in [-0.39, 0.29) is 0 Å². The second-order valence-corrected chi connectivity index (χ2v) is 4.16. The topological polar surface area (TPSA) is 61.8 Å². The Kier molecular flexibility index (Phi) is 4.85. The van der Waals surface area contributed by atoms with Crippen LogP contribution in [0.5, 0.6) is 0 Å². The number of hydrazone groups is 1. The number of nitrogens with one attached hydrogen (secondary N) is 1. The van der Waals surface area contributed by atoms with E-state index in [2.05, 4.69) is 10.4 Å². The molecule has 0 aromatic heterocycles. The molecule has 1 aromatic rings. The highest BCUT2D eigenvalue weighted by atomic mass is 35.5. The van der Waals surface area contributed by atoms with Crippen LogP contribution in [0.4, 0.5) is 4.79 Å². The number of nitrogens with zero attached hydrogens (tertiary/aromatic N) is 2. The van der Waals surface area contributed by atoms with Crippen LogP contribution in [-0.2, 0) is 0 Å². The van der Waals surface area contributed by atoms with Gasteiger partial charge < -0.3 is 5.32 Å². The van der Waals surface area contributed by atoms with Crippen molar-refractivity contribution in [2.75, 3.05) is 7.05 Å². The Labute approximate surface area is 110 Å². The number of benzene rings is 1. The third kappa shape index (κ3) is 3.56. The highest BCUT2D eigenvalue weighted by molar-refractivity contribution is 6.30. The molecule has 0 aliphatic heterocycles. The van der Waals surface area contributed by atoms with Gasteiger partial charge in [-0.25, -0.2) is 4.79 Å². The summed E-state index contributed by atoms with van der Waals surface area (Å²) in [6.45, 7) is 3.40. The van der Waals surface area contributed by atoms with Gasteiger partial charge in [-0.1, -0.05) is 11.6 Å². The fourth-order valence-corrected chi connectivity index (χ4v) is 1.33. The van der Waals surface area contributed by atoms with Gasteiger partial charge in [-0.15, -0.1) is 5.01 Å². The lowest BCUT2D eigenvalue weighted by molar-refractivity contribution is 0.0805. The molecule has 0 saturated heterocycles. The monoisotopic (exact) mass is 267 g/mol. The first kappa shape index (κ1) is 14.2. The lowest BCUT2D eigenvalue weighted by Crippen LogP contribution is -2.39. The van der Waals surface area contributed by atoms with Gasteiger partial charge in [0.1, 0.15) is 0 Å². The van der Waals surface area contributed by atoms with Crippen molar-refractivity contribution in [2.24, 2.45) is 5.10 Å². The number of rotatable bonds is 2. The molecule has 1 aromatic carbocycles. The van der Waals surface area contributed by atoms with Crippen molar-refractivity contribution >= 4 is 29.3 Å². The lowest BCUT2D eigenvalue weighted by atomic mass is 10.2. The van der Waals surface area contributed by atoms with Crippen molar-refractivity contribution in [3.63, 3.8) is 0 Å². The molecule has 0 heterocycles. The zero-order valence-corrected chi connectivity index (χ0v) is 11.2. The summed E-state index contributed by atoms with van der Waals surface area (Å²) in [5.74, 6) is -0.507. The normalized spacial score (nSPS) is 9.56. The third-order valence-electron chi connectivity index (χ3n) is 1.99. The largest absolute Gasteiger partial charge is 0.345 e. The van der Waals surface area contributed by atoms with E-state index in [1.807, 2.05) is 0 Å². The highest BCUT2D eigenvalue weighted by Gasteiger charge is 2.21.